The van der Waals surface area contributed by atoms with Gasteiger partial charge in [-0.2, -0.15) is 9.94 Å². The zero-order valence-electron chi connectivity index (χ0n) is 11.5. The van der Waals surface area contributed by atoms with Gasteiger partial charge in [-0.15, -0.1) is 5.10 Å². The zero-order valence-corrected chi connectivity index (χ0v) is 12.4. The SMILES string of the molecule is COc1ccccc1-n1nnnc1Sc1ccc(C#N)cn1. The molecule has 0 aliphatic heterocycles. The van der Waals surface area contributed by atoms with Crippen molar-refractivity contribution in [1.82, 2.24) is 25.2 Å². The Morgan fingerprint density at radius 3 is 2.82 bits per heavy atom. The van der Waals surface area contributed by atoms with Gasteiger partial charge in [-0.25, -0.2) is 4.98 Å². The van der Waals surface area contributed by atoms with Gasteiger partial charge in [-0.3, -0.25) is 0 Å². The second kappa shape index (κ2) is 6.24. The highest BCUT2D eigenvalue weighted by Crippen LogP contribution is 2.28. The van der Waals surface area contributed by atoms with E-state index in [1.165, 1.54) is 18.0 Å². The molecule has 7 nitrogen and oxygen atoms in total. The molecule has 2 aromatic heterocycles. The van der Waals surface area contributed by atoms with E-state index in [1.807, 2.05) is 30.3 Å². The molecule has 0 unspecified atom stereocenters. The second-order valence-corrected chi connectivity index (χ2v) is 5.13. The number of methoxy groups -OCH3 is 1. The van der Waals surface area contributed by atoms with Crippen LogP contribution in [0.15, 0.2) is 52.8 Å². The Bertz CT molecular complexity index is 824. The van der Waals surface area contributed by atoms with Gasteiger partial charge in [0, 0.05) is 6.20 Å². The normalized spacial score (nSPS) is 10.2. The summed E-state index contributed by atoms with van der Waals surface area (Å²) in [5.41, 5.74) is 1.25. The van der Waals surface area contributed by atoms with Crippen molar-refractivity contribution < 1.29 is 4.74 Å². The van der Waals surface area contributed by atoms with Crippen LogP contribution in [0.1, 0.15) is 5.56 Å². The molecule has 2 heterocycles. The molecular weight excluding hydrogens is 300 g/mol. The van der Waals surface area contributed by atoms with Gasteiger partial charge in [0.05, 0.1) is 12.7 Å². The average Bonchev–Trinajstić information content (AvgIpc) is 3.03. The maximum atomic E-state index is 8.79. The number of nitrogens with zero attached hydrogens (tertiary/aromatic N) is 6. The number of rotatable bonds is 4. The lowest BCUT2D eigenvalue weighted by molar-refractivity contribution is 0.410. The summed E-state index contributed by atoms with van der Waals surface area (Å²) in [6.45, 7) is 0. The average molecular weight is 310 g/mol. The first kappa shape index (κ1) is 14.0. The molecule has 0 N–H and O–H groups in total. The van der Waals surface area contributed by atoms with Gasteiger partial charge in [0.25, 0.3) is 0 Å². The highest BCUT2D eigenvalue weighted by atomic mass is 32.2. The van der Waals surface area contributed by atoms with Crippen molar-refractivity contribution in [3.05, 3.63) is 48.2 Å². The summed E-state index contributed by atoms with van der Waals surface area (Å²) in [6, 6.07) is 13.0. The fraction of sp³-hybridized carbons (Fsp3) is 0.0714. The molecule has 0 saturated heterocycles. The van der Waals surface area contributed by atoms with Crippen LogP contribution >= 0.6 is 11.8 Å². The summed E-state index contributed by atoms with van der Waals surface area (Å²) >= 11 is 1.30. The van der Waals surface area contributed by atoms with Crippen LogP contribution in [0.2, 0.25) is 0 Å². The van der Waals surface area contributed by atoms with Crippen LogP contribution in [-0.2, 0) is 0 Å². The van der Waals surface area contributed by atoms with E-state index < -0.39 is 0 Å². The van der Waals surface area contributed by atoms with Crippen LogP contribution in [0.25, 0.3) is 5.69 Å². The second-order valence-electron chi connectivity index (χ2n) is 4.14. The molecule has 3 rings (SSSR count). The van der Waals surface area contributed by atoms with Crippen LogP contribution in [0, 0.1) is 11.3 Å². The smallest absolute Gasteiger partial charge is 0.220 e. The third-order valence-corrected chi connectivity index (χ3v) is 3.70. The quantitative estimate of drug-likeness (QED) is 0.728. The van der Waals surface area contributed by atoms with Gasteiger partial charge in [0.15, 0.2) is 0 Å². The van der Waals surface area contributed by atoms with Gasteiger partial charge in [0.1, 0.15) is 22.5 Å². The van der Waals surface area contributed by atoms with Crippen molar-refractivity contribution >= 4 is 11.8 Å². The molecule has 0 radical (unpaired) electrons. The number of hydrogen-bond donors (Lipinski definition) is 0. The van der Waals surface area contributed by atoms with Gasteiger partial charge >= 0.3 is 0 Å². The number of para-hydroxylation sites is 2. The summed E-state index contributed by atoms with van der Waals surface area (Å²) in [7, 11) is 1.60. The molecule has 0 amide bonds. The van der Waals surface area contributed by atoms with Crippen LogP contribution < -0.4 is 4.74 Å². The van der Waals surface area contributed by atoms with Crippen molar-refractivity contribution in [3.63, 3.8) is 0 Å². The standard InChI is InChI=1S/C14H10N6OS/c1-21-12-5-3-2-4-11(12)20-14(17-18-19-20)22-13-7-6-10(8-15)9-16-13/h2-7,9H,1H3. The molecule has 8 heteroatoms. The third kappa shape index (κ3) is 2.75. The van der Waals surface area contributed by atoms with Gasteiger partial charge in [-0.05, 0) is 46.5 Å². The Balaban J connectivity index is 1.93. The summed E-state index contributed by atoms with van der Waals surface area (Å²) in [5.74, 6) is 0.671. The predicted octanol–water partition coefficient (Wildman–Crippen LogP) is 2.09. The lowest BCUT2D eigenvalue weighted by Gasteiger charge is -2.08. The van der Waals surface area contributed by atoms with Gasteiger partial charge in [0.2, 0.25) is 5.16 Å². The van der Waals surface area contributed by atoms with Gasteiger partial charge in [-0.1, -0.05) is 12.1 Å². The third-order valence-electron chi connectivity index (χ3n) is 2.82. The van der Waals surface area contributed by atoms with Crippen molar-refractivity contribution in [2.75, 3.05) is 7.11 Å². The van der Waals surface area contributed by atoms with Crippen molar-refractivity contribution in [3.8, 4) is 17.5 Å². The molecule has 0 spiro atoms. The minimum absolute atomic E-state index is 0.508. The molecule has 0 atom stereocenters. The summed E-state index contributed by atoms with van der Waals surface area (Å²) in [5, 5.41) is 21.8. The molecule has 0 aliphatic rings. The van der Waals surface area contributed by atoms with Crippen molar-refractivity contribution in [2.24, 2.45) is 0 Å². The fourth-order valence-electron chi connectivity index (χ4n) is 1.80. The lowest BCUT2D eigenvalue weighted by atomic mass is 10.3. The number of ether oxygens (including phenoxy) is 1. The first-order valence-electron chi connectivity index (χ1n) is 6.27. The molecule has 0 aliphatic carbocycles. The van der Waals surface area contributed by atoms with Crippen LogP contribution in [0.4, 0.5) is 0 Å². The molecule has 3 aromatic rings. The first-order valence-corrected chi connectivity index (χ1v) is 7.09. The number of nitriles is 1. The zero-order chi connectivity index (χ0) is 15.4. The largest absolute Gasteiger partial charge is 0.494 e. The summed E-state index contributed by atoms with van der Waals surface area (Å²) < 4.78 is 6.91. The number of hydrogen-bond acceptors (Lipinski definition) is 7. The van der Waals surface area contributed by atoms with E-state index in [1.54, 1.807) is 23.9 Å². The van der Waals surface area contributed by atoms with E-state index in [2.05, 4.69) is 20.5 Å². The van der Waals surface area contributed by atoms with E-state index in [0.29, 0.717) is 21.5 Å². The number of pyridine rings is 1. The fourth-order valence-corrected chi connectivity index (χ4v) is 2.53. The van der Waals surface area contributed by atoms with Crippen molar-refractivity contribution in [2.45, 2.75) is 10.2 Å². The summed E-state index contributed by atoms with van der Waals surface area (Å²) in [6.07, 6.45) is 1.51. The maximum Gasteiger partial charge on any atom is 0.220 e. The van der Waals surface area contributed by atoms with Crippen LogP contribution in [0.5, 0.6) is 5.75 Å². The van der Waals surface area contributed by atoms with Gasteiger partial charge < -0.3 is 4.74 Å². The Labute approximate surface area is 130 Å². The summed E-state index contributed by atoms with van der Waals surface area (Å²) in [4.78, 5) is 4.20. The highest BCUT2D eigenvalue weighted by molar-refractivity contribution is 7.99. The molecule has 0 saturated carbocycles. The lowest BCUT2D eigenvalue weighted by Crippen LogP contribution is -2.01. The monoisotopic (exact) mass is 310 g/mol. The molecule has 1 aromatic carbocycles. The molecule has 0 fully saturated rings. The highest BCUT2D eigenvalue weighted by Gasteiger charge is 2.14. The van der Waals surface area contributed by atoms with Crippen molar-refractivity contribution in [1.29, 1.82) is 5.26 Å². The Kier molecular flexibility index (Phi) is 3.98. The van der Waals surface area contributed by atoms with Crippen LogP contribution in [0.3, 0.4) is 0 Å². The Hall–Kier alpha value is -2.92. The first-order chi connectivity index (χ1) is 10.8. The number of aromatic nitrogens is 5. The van der Waals surface area contributed by atoms with E-state index >= 15 is 0 Å². The molecule has 108 valence electrons. The Morgan fingerprint density at radius 2 is 2.09 bits per heavy atom. The van der Waals surface area contributed by atoms with E-state index in [-0.39, 0.29) is 0 Å². The number of benzene rings is 1. The van der Waals surface area contributed by atoms with Crippen LogP contribution in [-0.4, -0.2) is 32.3 Å². The van der Waals surface area contributed by atoms with E-state index in [4.69, 9.17) is 10.00 Å². The van der Waals surface area contributed by atoms with E-state index in [9.17, 15) is 0 Å². The topological polar surface area (TPSA) is 89.5 Å². The molecule has 0 bridgehead atoms. The van der Waals surface area contributed by atoms with E-state index in [0.717, 1.165) is 5.69 Å². The maximum absolute atomic E-state index is 8.79. The predicted molar refractivity (Wildman–Crippen MR) is 78.8 cm³/mol. The molecule has 22 heavy (non-hydrogen) atoms. The number of tetrazole rings is 1. The molecular formula is C14H10N6OS. The minimum Gasteiger partial charge on any atom is -0.494 e. The Morgan fingerprint density at radius 1 is 1.23 bits per heavy atom. The minimum atomic E-state index is 0.508.